The summed E-state index contributed by atoms with van der Waals surface area (Å²) in [4.78, 5) is 24.7. The molecule has 1 fully saturated rings. The quantitative estimate of drug-likeness (QED) is 0.695. The summed E-state index contributed by atoms with van der Waals surface area (Å²) in [5.41, 5.74) is 2.00. The maximum atomic E-state index is 12.4. The number of halogens is 1. The van der Waals surface area contributed by atoms with Crippen molar-refractivity contribution in [2.24, 2.45) is 5.92 Å². The number of aryl methyl sites for hydroxylation is 1. The molecule has 1 atom stereocenters. The van der Waals surface area contributed by atoms with E-state index in [0.717, 1.165) is 12.0 Å². The van der Waals surface area contributed by atoms with E-state index in [1.165, 1.54) is 0 Å². The fourth-order valence-electron chi connectivity index (χ4n) is 2.86. The Kier molecular flexibility index (Phi) is 6.90. The van der Waals surface area contributed by atoms with Crippen LogP contribution in [0, 0.1) is 12.8 Å². The summed E-state index contributed by atoms with van der Waals surface area (Å²) in [6, 6.07) is 12.4. The summed E-state index contributed by atoms with van der Waals surface area (Å²) in [5, 5.41) is 6.24. The molecule has 2 amide bonds. The van der Waals surface area contributed by atoms with Crippen molar-refractivity contribution in [1.29, 1.82) is 0 Å². The highest BCUT2D eigenvalue weighted by Crippen LogP contribution is 2.23. The molecule has 1 heterocycles. The first-order chi connectivity index (χ1) is 13.5. The summed E-state index contributed by atoms with van der Waals surface area (Å²) in [7, 11) is 0. The second-order valence-electron chi connectivity index (χ2n) is 6.61. The van der Waals surface area contributed by atoms with E-state index in [4.69, 9.17) is 21.1 Å². The molecule has 1 aliphatic rings. The third-order valence-electron chi connectivity index (χ3n) is 4.54. The van der Waals surface area contributed by atoms with Crippen molar-refractivity contribution in [3.63, 3.8) is 0 Å². The van der Waals surface area contributed by atoms with Crippen molar-refractivity contribution in [3.05, 3.63) is 58.6 Å². The molecule has 1 aliphatic heterocycles. The first kappa shape index (κ1) is 20.2. The van der Waals surface area contributed by atoms with E-state index in [1.54, 1.807) is 24.3 Å². The van der Waals surface area contributed by atoms with Gasteiger partial charge in [0.1, 0.15) is 12.4 Å². The van der Waals surface area contributed by atoms with Crippen LogP contribution in [0.3, 0.4) is 0 Å². The van der Waals surface area contributed by atoms with Crippen molar-refractivity contribution in [3.8, 4) is 5.75 Å². The van der Waals surface area contributed by atoms with Gasteiger partial charge in [-0.3, -0.25) is 9.59 Å². The maximum absolute atomic E-state index is 12.4. The zero-order valence-corrected chi connectivity index (χ0v) is 16.4. The van der Waals surface area contributed by atoms with E-state index in [-0.39, 0.29) is 17.7 Å². The summed E-state index contributed by atoms with van der Waals surface area (Å²) in [6.07, 6.45) is 0.719. The zero-order valence-electron chi connectivity index (χ0n) is 15.7. The van der Waals surface area contributed by atoms with Gasteiger partial charge in [-0.15, -0.1) is 0 Å². The van der Waals surface area contributed by atoms with E-state index < -0.39 is 0 Å². The van der Waals surface area contributed by atoms with Crippen molar-refractivity contribution in [2.45, 2.75) is 13.3 Å². The molecule has 2 aromatic carbocycles. The molecule has 28 heavy (non-hydrogen) atoms. The largest absolute Gasteiger partial charge is 0.490 e. The van der Waals surface area contributed by atoms with Crippen molar-refractivity contribution in [2.75, 3.05) is 31.7 Å². The van der Waals surface area contributed by atoms with Gasteiger partial charge < -0.3 is 20.1 Å². The second-order valence-corrected chi connectivity index (χ2v) is 7.02. The van der Waals surface area contributed by atoms with Gasteiger partial charge in [-0.1, -0.05) is 29.8 Å². The number of hydrogen-bond acceptors (Lipinski definition) is 4. The highest BCUT2D eigenvalue weighted by Gasteiger charge is 2.24. The van der Waals surface area contributed by atoms with Crippen LogP contribution in [0.1, 0.15) is 22.3 Å². The molecule has 1 unspecified atom stereocenters. The van der Waals surface area contributed by atoms with Crippen molar-refractivity contribution in [1.82, 2.24) is 5.32 Å². The van der Waals surface area contributed by atoms with E-state index >= 15 is 0 Å². The number of ether oxygens (including phenoxy) is 2. The Hall–Kier alpha value is -2.57. The highest BCUT2D eigenvalue weighted by molar-refractivity contribution is 6.32. The third-order valence-corrected chi connectivity index (χ3v) is 4.85. The van der Waals surface area contributed by atoms with Gasteiger partial charge in [0.15, 0.2) is 0 Å². The lowest BCUT2D eigenvalue weighted by Gasteiger charge is -2.13. The Labute approximate surface area is 169 Å². The van der Waals surface area contributed by atoms with Crippen LogP contribution in [0.25, 0.3) is 0 Å². The molecule has 2 N–H and O–H groups in total. The molecule has 0 saturated carbocycles. The minimum atomic E-state index is -0.234. The number of rotatable bonds is 7. The molecule has 2 aromatic rings. The Bertz CT molecular complexity index is 850. The van der Waals surface area contributed by atoms with Gasteiger partial charge in [0.25, 0.3) is 5.91 Å². The smallest absolute Gasteiger partial charge is 0.251 e. The fraction of sp³-hybridized carbons (Fsp3) is 0.333. The number of benzene rings is 2. The summed E-state index contributed by atoms with van der Waals surface area (Å²) >= 11 is 6.03. The Balaban J connectivity index is 1.53. The fourth-order valence-corrected chi connectivity index (χ4v) is 3.05. The van der Waals surface area contributed by atoms with Crippen LogP contribution in [0.4, 0.5) is 5.69 Å². The number of amides is 2. The van der Waals surface area contributed by atoms with Crippen molar-refractivity contribution < 1.29 is 19.1 Å². The monoisotopic (exact) mass is 402 g/mol. The minimum Gasteiger partial charge on any atom is -0.490 e. The molecule has 148 valence electrons. The number of para-hydroxylation sites is 1. The topological polar surface area (TPSA) is 76.7 Å². The van der Waals surface area contributed by atoms with Crippen LogP contribution in [-0.2, 0) is 9.53 Å². The van der Waals surface area contributed by atoms with Gasteiger partial charge in [0.2, 0.25) is 5.91 Å². The molecular weight excluding hydrogens is 380 g/mol. The lowest BCUT2D eigenvalue weighted by Crippen LogP contribution is -2.28. The average molecular weight is 403 g/mol. The molecular formula is C21H23ClN2O4. The molecule has 6 nitrogen and oxygen atoms in total. The number of anilines is 1. The molecule has 1 saturated heterocycles. The number of hydrogen-bond donors (Lipinski definition) is 2. The van der Waals surface area contributed by atoms with Gasteiger partial charge in [0.05, 0.1) is 24.1 Å². The molecule has 0 bridgehead atoms. The van der Waals surface area contributed by atoms with Gasteiger partial charge in [0, 0.05) is 17.9 Å². The first-order valence-electron chi connectivity index (χ1n) is 9.19. The summed E-state index contributed by atoms with van der Waals surface area (Å²) < 4.78 is 10.8. The number of carbonyl (C=O) groups excluding carboxylic acids is 2. The average Bonchev–Trinajstić information content (AvgIpc) is 3.23. The predicted octanol–water partition coefficient (Wildman–Crippen LogP) is 3.43. The lowest BCUT2D eigenvalue weighted by molar-refractivity contribution is -0.119. The van der Waals surface area contributed by atoms with Gasteiger partial charge in [-0.25, -0.2) is 0 Å². The minimum absolute atomic E-state index is 0.0775. The Morgan fingerprint density at radius 1 is 1.25 bits per heavy atom. The number of carbonyl (C=O) groups is 2. The van der Waals surface area contributed by atoms with E-state index in [9.17, 15) is 9.59 Å². The Morgan fingerprint density at radius 2 is 2.07 bits per heavy atom. The second kappa shape index (κ2) is 9.57. The van der Waals surface area contributed by atoms with Crippen LogP contribution in [0.5, 0.6) is 5.75 Å². The molecule has 0 radical (unpaired) electrons. The zero-order chi connectivity index (χ0) is 19.9. The highest BCUT2D eigenvalue weighted by atomic mass is 35.5. The first-order valence-corrected chi connectivity index (χ1v) is 9.57. The summed E-state index contributed by atoms with van der Waals surface area (Å²) in [5.74, 6) is 0.127. The van der Waals surface area contributed by atoms with Crippen LogP contribution in [0.2, 0.25) is 5.02 Å². The normalized spacial score (nSPS) is 15.9. The number of nitrogens with one attached hydrogen (secondary N) is 2. The van der Waals surface area contributed by atoms with Gasteiger partial charge >= 0.3 is 0 Å². The van der Waals surface area contributed by atoms with Crippen molar-refractivity contribution >= 4 is 29.1 Å². The predicted molar refractivity (Wildman–Crippen MR) is 108 cm³/mol. The van der Waals surface area contributed by atoms with Gasteiger partial charge in [-0.2, -0.15) is 0 Å². The molecule has 0 aromatic heterocycles. The van der Waals surface area contributed by atoms with E-state index in [2.05, 4.69) is 10.6 Å². The maximum Gasteiger partial charge on any atom is 0.251 e. The van der Waals surface area contributed by atoms with Gasteiger partial charge in [-0.05, 0) is 43.2 Å². The third kappa shape index (κ3) is 5.24. The summed E-state index contributed by atoms with van der Waals surface area (Å²) in [6.45, 7) is 3.57. The molecule has 3 rings (SSSR count). The van der Waals surface area contributed by atoms with E-state index in [1.807, 2.05) is 25.1 Å². The van der Waals surface area contributed by atoms with E-state index in [0.29, 0.717) is 48.4 Å². The van der Waals surface area contributed by atoms with Crippen LogP contribution < -0.4 is 15.4 Å². The SMILES string of the molecule is Cc1ccc(C(=O)NCCOc2ccccc2Cl)cc1NC(=O)C1CCOC1. The van der Waals surface area contributed by atoms with Crippen LogP contribution in [0.15, 0.2) is 42.5 Å². The molecule has 0 spiro atoms. The van der Waals surface area contributed by atoms with Crippen LogP contribution in [-0.4, -0.2) is 38.2 Å². The van der Waals surface area contributed by atoms with Crippen LogP contribution >= 0.6 is 11.6 Å². The Morgan fingerprint density at radius 3 is 2.82 bits per heavy atom. The lowest BCUT2D eigenvalue weighted by atomic mass is 10.1. The standard InChI is InChI=1S/C21H23ClN2O4/c1-14-6-7-15(12-18(14)24-21(26)16-8-10-27-13-16)20(25)23-9-11-28-19-5-3-2-4-17(19)22/h2-7,12,16H,8-11,13H2,1H3,(H,23,25)(H,24,26). The molecule has 7 heteroatoms. The molecule has 0 aliphatic carbocycles.